The summed E-state index contributed by atoms with van der Waals surface area (Å²) in [5.74, 6) is -1.49. The largest absolute Gasteiger partial charge is 0.481 e. The number of carbonyl (C=O) groups is 2. The molecule has 1 rings (SSSR count). The third kappa shape index (κ3) is 10.7. The standard InChI is InChI=1S/C23H36O4S/c1-2-3-4-5-6-7-8-9-10-11-14-19-15-12-13-16-20(19)22(23(26)27)28-18-17-21(24)25/h12-13,15-16,22H,2-11,14,17-18H2,1H3,(H,24,25)(H,26,27). The first-order valence-electron chi connectivity index (χ1n) is 10.7. The summed E-state index contributed by atoms with van der Waals surface area (Å²) in [7, 11) is 0. The van der Waals surface area contributed by atoms with Gasteiger partial charge in [-0.1, -0.05) is 89.0 Å². The quantitative estimate of drug-likeness (QED) is 0.288. The molecular weight excluding hydrogens is 372 g/mol. The number of hydrogen-bond donors (Lipinski definition) is 2. The molecule has 0 saturated heterocycles. The normalized spacial score (nSPS) is 12.0. The molecule has 158 valence electrons. The third-order valence-corrected chi connectivity index (χ3v) is 6.19. The van der Waals surface area contributed by atoms with Gasteiger partial charge in [-0.15, -0.1) is 11.8 Å². The van der Waals surface area contributed by atoms with Gasteiger partial charge in [0.05, 0.1) is 6.42 Å². The van der Waals surface area contributed by atoms with Gasteiger partial charge in [0.15, 0.2) is 0 Å². The van der Waals surface area contributed by atoms with Crippen LogP contribution >= 0.6 is 11.8 Å². The van der Waals surface area contributed by atoms with Crippen LogP contribution in [0, 0.1) is 0 Å². The molecule has 0 aromatic heterocycles. The van der Waals surface area contributed by atoms with E-state index in [0.717, 1.165) is 24.0 Å². The van der Waals surface area contributed by atoms with Crippen LogP contribution in [0.15, 0.2) is 24.3 Å². The zero-order valence-corrected chi connectivity index (χ0v) is 18.0. The fraction of sp³-hybridized carbons (Fsp3) is 0.652. The zero-order valence-electron chi connectivity index (χ0n) is 17.2. The van der Waals surface area contributed by atoms with E-state index in [2.05, 4.69) is 6.92 Å². The van der Waals surface area contributed by atoms with Crippen LogP contribution < -0.4 is 0 Å². The van der Waals surface area contributed by atoms with Crippen LogP contribution in [0.4, 0.5) is 0 Å². The van der Waals surface area contributed by atoms with Crippen molar-refractivity contribution in [2.24, 2.45) is 0 Å². The van der Waals surface area contributed by atoms with Gasteiger partial charge < -0.3 is 10.2 Å². The van der Waals surface area contributed by atoms with Gasteiger partial charge in [-0.25, -0.2) is 0 Å². The minimum atomic E-state index is -0.897. The van der Waals surface area contributed by atoms with E-state index in [1.165, 1.54) is 69.5 Å². The Morgan fingerprint density at radius 2 is 1.46 bits per heavy atom. The van der Waals surface area contributed by atoms with Crippen LogP contribution in [-0.4, -0.2) is 27.9 Å². The summed E-state index contributed by atoms with van der Waals surface area (Å²) in [5, 5.41) is 17.7. The summed E-state index contributed by atoms with van der Waals surface area (Å²) in [5.41, 5.74) is 1.90. The number of unbranched alkanes of at least 4 members (excludes halogenated alkanes) is 9. The van der Waals surface area contributed by atoms with Gasteiger partial charge in [0, 0.05) is 5.75 Å². The van der Waals surface area contributed by atoms with Crippen molar-refractivity contribution in [3.05, 3.63) is 35.4 Å². The van der Waals surface area contributed by atoms with Crippen LogP contribution in [0.25, 0.3) is 0 Å². The fourth-order valence-corrected chi connectivity index (χ4v) is 4.46. The number of hydrogen-bond acceptors (Lipinski definition) is 3. The number of aliphatic carboxylic acids is 2. The van der Waals surface area contributed by atoms with Crippen LogP contribution in [0.2, 0.25) is 0 Å². The molecule has 1 aromatic rings. The number of benzene rings is 1. The van der Waals surface area contributed by atoms with Crippen molar-refractivity contribution in [3.63, 3.8) is 0 Å². The molecule has 4 nitrogen and oxygen atoms in total. The molecule has 1 aromatic carbocycles. The molecule has 0 saturated carbocycles. The Balaban J connectivity index is 2.39. The summed E-state index contributed by atoms with van der Waals surface area (Å²) < 4.78 is 0. The minimum absolute atomic E-state index is 0.0188. The van der Waals surface area contributed by atoms with Crippen molar-refractivity contribution >= 4 is 23.7 Å². The monoisotopic (exact) mass is 408 g/mol. The van der Waals surface area contributed by atoms with Crippen molar-refractivity contribution in [3.8, 4) is 0 Å². The zero-order chi connectivity index (χ0) is 20.6. The second-order valence-corrected chi connectivity index (χ2v) is 8.58. The smallest absolute Gasteiger partial charge is 0.321 e. The molecule has 1 atom stereocenters. The maximum atomic E-state index is 11.7. The predicted molar refractivity (Wildman–Crippen MR) is 117 cm³/mol. The van der Waals surface area contributed by atoms with Crippen LogP contribution in [-0.2, 0) is 16.0 Å². The lowest BCUT2D eigenvalue weighted by Gasteiger charge is -2.16. The summed E-state index contributed by atoms with van der Waals surface area (Å²) in [6.07, 6.45) is 13.7. The number of carboxylic acid groups (broad SMARTS) is 2. The van der Waals surface area contributed by atoms with E-state index in [-0.39, 0.29) is 6.42 Å². The maximum absolute atomic E-state index is 11.7. The molecule has 1 unspecified atom stereocenters. The highest BCUT2D eigenvalue weighted by Gasteiger charge is 2.23. The number of thioether (sulfide) groups is 1. The van der Waals surface area contributed by atoms with Gasteiger partial charge in [-0.05, 0) is 24.0 Å². The number of aryl methyl sites for hydroxylation is 1. The van der Waals surface area contributed by atoms with Crippen molar-refractivity contribution in [1.82, 2.24) is 0 Å². The van der Waals surface area contributed by atoms with Gasteiger partial charge in [0.25, 0.3) is 0 Å². The van der Waals surface area contributed by atoms with Crippen molar-refractivity contribution in [2.45, 2.75) is 89.2 Å². The Labute approximate surface area is 174 Å². The lowest BCUT2D eigenvalue weighted by atomic mass is 9.98. The van der Waals surface area contributed by atoms with Gasteiger partial charge in [0.1, 0.15) is 5.25 Å². The average Bonchev–Trinajstić information content (AvgIpc) is 2.67. The van der Waals surface area contributed by atoms with Crippen molar-refractivity contribution < 1.29 is 19.8 Å². The summed E-state index contributed by atoms with van der Waals surface area (Å²) in [6.45, 7) is 2.24. The van der Waals surface area contributed by atoms with Crippen LogP contribution in [0.3, 0.4) is 0 Å². The molecule has 0 aliphatic carbocycles. The highest BCUT2D eigenvalue weighted by molar-refractivity contribution is 8.00. The third-order valence-electron chi connectivity index (χ3n) is 4.96. The molecule has 0 amide bonds. The van der Waals surface area contributed by atoms with Gasteiger partial charge in [-0.2, -0.15) is 0 Å². The van der Waals surface area contributed by atoms with E-state index in [0.29, 0.717) is 5.75 Å². The molecular formula is C23H36O4S. The molecule has 0 aliphatic rings. The van der Waals surface area contributed by atoms with Crippen molar-refractivity contribution in [2.75, 3.05) is 5.75 Å². The predicted octanol–water partition coefficient (Wildman–Crippen LogP) is 6.48. The molecule has 0 spiro atoms. The molecule has 5 heteroatoms. The fourth-order valence-electron chi connectivity index (χ4n) is 3.38. The summed E-state index contributed by atoms with van der Waals surface area (Å²) in [6, 6.07) is 7.70. The highest BCUT2D eigenvalue weighted by Crippen LogP contribution is 2.32. The molecule has 0 aliphatic heterocycles. The SMILES string of the molecule is CCCCCCCCCCCCc1ccccc1C(SCCC(=O)O)C(=O)O. The van der Waals surface area contributed by atoms with Crippen molar-refractivity contribution in [1.29, 1.82) is 0 Å². The minimum Gasteiger partial charge on any atom is -0.481 e. The van der Waals surface area contributed by atoms with Gasteiger partial charge in [-0.3, -0.25) is 9.59 Å². The first-order chi connectivity index (χ1) is 13.6. The van der Waals surface area contributed by atoms with E-state index in [4.69, 9.17) is 5.11 Å². The van der Waals surface area contributed by atoms with E-state index < -0.39 is 17.2 Å². The second-order valence-electron chi connectivity index (χ2n) is 7.36. The molecule has 0 radical (unpaired) electrons. The lowest BCUT2D eigenvalue weighted by Crippen LogP contribution is -2.12. The second kappa shape index (κ2) is 15.4. The Morgan fingerprint density at radius 1 is 0.893 bits per heavy atom. The molecule has 0 heterocycles. The topological polar surface area (TPSA) is 74.6 Å². The van der Waals surface area contributed by atoms with E-state index in [9.17, 15) is 14.7 Å². The number of rotatable bonds is 17. The van der Waals surface area contributed by atoms with Gasteiger partial charge in [0.2, 0.25) is 0 Å². The maximum Gasteiger partial charge on any atom is 0.321 e. The molecule has 2 N–H and O–H groups in total. The average molecular weight is 409 g/mol. The summed E-state index contributed by atoms with van der Waals surface area (Å²) in [4.78, 5) is 22.4. The Kier molecular flexibility index (Phi) is 13.5. The number of carboxylic acids is 2. The molecule has 0 fully saturated rings. The first-order valence-corrected chi connectivity index (χ1v) is 11.7. The first kappa shape index (κ1) is 24.5. The Hall–Kier alpha value is -1.49. The highest BCUT2D eigenvalue weighted by atomic mass is 32.2. The van der Waals surface area contributed by atoms with E-state index >= 15 is 0 Å². The Morgan fingerprint density at radius 3 is 2.04 bits per heavy atom. The van der Waals surface area contributed by atoms with Crippen LogP contribution in [0.1, 0.15) is 93.9 Å². The van der Waals surface area contributed by atoms with Gasteiger partial charge >= 0.3 is 11.9 Å². The summed E-state index contributed by atoms with van der Waals surface area (Å²) >= 11 is 1.20. The van der Waals surface area contributed by atoms with E-state index in [1.807, 2.05) is 24.3 Å². The molecule has 28 heavy (non-hydrogen) atoms. The Bertz CT molecular complexity index is 573. The van der Waals surface area contributed by atoms with E-state index in [1.54, 1.807) is 0 Å². The van der Waals surface area contributed by atoms with Crippen LogP contribution in [0.5, 0.6) is 0 Å². The molecule has 0 bridgehead atoms. The lowest BCUT2D eigenvalue weighted by molar-refractivity contribution is -0.137.